The van der Waals surface area contributed by atoms with Gasteiger partial charge in [-0.25, -0.2) is 0 Å². The van der Waals surface area contributed by atoms with Gasteiger partial charge in [-0.1, -0.05) is 80.2 Å². The van der Waals surface area contributed by atoms with Gasteiger partial charge >= 0.3 is 0 Å². The van der Waals surface area contributed by atoms with Crippen LogP contribution >= 0.6 is 15.9 Å². The second-order valence-corrected chi connectivity index (χ2v) is 7.83. The van der Waals surface area contributed by atoms with Gasteiger partial charge in [-0.05, 0) is 41.7 Å². The normalized spacial score (nSPS) is 20.5. The summed E-state index contributed by atoms with van der Waals surface area (Å²) in [6.45, 7) is 7.02. The van der Waals surface area contributed by atoms with Crippen LogP contribution in [0.4, 0.5) is 0 Å². The van der Waals surface area contributed by atoms with E-state index in [0.29, 0.717) is 10.2 Å². The molecule has 1 fully saturated rings. The lowest BCUT2D eigenvalue weighted by Gasteiger charge is -2.38. The van der Waals surface area contributed by atoms with E-state index < -0.39 is 0 Å². The molecule has 106 valence electrons. The molecule has 2 rings (SSSR count). The second kappa shape index (κ2) is 6.43. The summed E-state index contributed by atoms with van der Waals surface area (Å²) in [5.41, 5.74) is 3.36. The van der Waals surface area contributed by atoms with Crippen LogP contribution in [0.5, 0.6) is 0 Å². The molecular formula is C18H27Br. The molecule has 0 amide bonds. The lowest BCUT2D eigenvalue weighted by atomic mass is 9.72. The fourth-order valence-corrected chi connectivity index (χ4v) is 4.07. The van der Waals surface area contributed by atoms with Crippen LogP contribution in [0.15, 0.2) is 24.3 Å². The van der Waals surface area contributed by atoms with E-state index in [-0.39, 0.29) is 0 Å². The maximum atomic E-state index is 3.98. The quantitative estimate of drug-likeness (QED) is 0.571. The van der Waals surface area contributed by atoms with Gasteiger partial charge < -0.3 is 0 Å². The van der Waals surface area contributed by atoms with Gasteiger partial charge in [0, 0.05) is 4.83 Å². The predicted molar refractivity (Wildman–Crippen MR) is 87.8 cm³/mol. The molecule has 0 radical (unpaired) electrons. The fraction of sp³-hybridized carbons (Fsp3) is 0.667. The van der Waals surface area contributed by atoms with E-state index in [4.69, 9.17) is 0 Å². The summed E-state index contributed by atoms with van der Waals surface area (Å²) in [6, 6.07) is 9.29. The molecular weight excluding hydrogens is 296 g/mol. The largest absolute Gasteiger partial charge is 0.0833 e. The smallest absolute Gasteiger partial charge is 0.0448 e. The maximum Gasteiger partial charge on any atom is 0.0448 e. The van der Waals surface area contributed by atoms with Crippen LogP contribution in [0.25, 0.3) is 0 Å². The van der Waals surface area contributed by atoms with Crippen LogP contribution in [0.2, 0.25) is 0 Å². The molecule has 19 heavy (non-hydrogen) atoms. The van der Waals surface area contributed by atoms with Crippen molar-refractivity contribution in [1.82, 2.24) is 0 Å². The lowest BCUT2D eigenvalue weighted by molar-refractivity contribution is 0.213. The molecule has 0 aromatic heterocycles. The number of hydrogen-bond acceptors (Lipinski definition) is 0. The van der Waals surface area contributed by atoms with Gasteiger partial charge in [0.05, 0.1) is 0 Å². The van der Waals surface area contributed by atoms with E-state index in [1.54, 1.807) is 0 Å². The van der Waals surface area contributed by atoms with E-state index in [1.807, 2.05) is 0 Å². The summed E-state index contributed by atoms with van der Waals surface area (Å²) in [6.07, 6.45) is 8.11. The van der Waals surface area contributed by atoms with Crippen LogP contribution < -0.4 is 0 Å². The molecule has 1 unspecified atom stereocenters. The Kier molecular flexibility index (Phi) is 5.11. The van der Waals surface area contributed by atoms with Gasteiger partial charge in [-0.3, -0.25) is 0 Å². The Morgan fingerprint density at radius 1 is 1.05 bits per heavy atom. The zero-order valence-corrected chi connectivity index (χ0v) is 14.2. The van der Waals surface area contributed by atoms with E-state index >= 15 is 0 Å². The molecule has 0 heterocycles. The highest BCUT2D eigenvalue weighted by Gasteiger charge is 2.34. The molecule has 1 saturated carbocycles. The summed E-state index contributed by atoms with van der Waals surface area (Å²) in [5, 5.41) is 0. The standard InChI is InChI=1S/C18H27Br/c1-14(2)13-15-7-9-16(10-8-15)17(19)18(3)11-5-4-6-12-18/h7-10,14,17H,4-6,11-13H2,1-3H3. The minimum Gasteiger partial charge on any atom is -0.0833 e. The molecule has 1 atom stereocenters. The average Bonchev–Trinajstić information content (AvgIpc) is 2.39. The number of benzene rings is 1. The van der Waals surface area contributed by atoms with Gasteiger partial charge in [0.25, 0.3) is 0 Å². The molecule has 0 saturated heterocycles. The van der Waals surface area contributed by atoms with Crippen molar-refractivity contribution < 1.29 is 0 Å². The zero-order valence-electron chi connectivity index (χ0n) is 12.6. The van der Waals surface area contributed by atoms with Crippen LogP contribution in [0, 0.1) is 11.3 Å². The van der Waals surface area contributed by atoms with E-state index in [9.17, 15) is 0 Å². The Hall–Kier alpha value is -0.300. The number of rotatable bonds is 4. The monoisotopic (exact) mass is 322 g/mol. The third-order valence-electron chi connectivity index (χ3n) is 4.52. The molecule has 0 bridgehead atoms. The molecule has 0 N–H and O–H groups in total. The van der Waals surface area contributed by atoms with Crippen molar-refractivity contribution in [2.75, 3.05) is 0 Å². The van der Waals surface area contributed by atoms with Crippen molar-refractivity contribution in [2.24, 2.45) is 11.3 Å². The average molecular weight is 323 g/mol. The van der Waals surface area contributed by atoms with Crippen LogP contribution in [-0.2, 0) is 6.42 Å². The van der Waals surface area contributed by atoms with Gasteiger partial charge in [-0.15, -0.1) is 0 Å². The first-order valence-corrected chi connectivity index (χ1v) is 8.66. The molecule has 1 aliphatic carbocycles. The Bertz CT molecular complexity index is 385. The molecule has 1 aliphatic rings. The zero-order chi connectivity index (χ0) is 13.9. The highest BCUT2D eigenvalue weighted by atomic mass is 79.9. The second-order valence-electron chi connectivity index (χ2n) is 6.92. The van der Waals surface area contributed by atoms with Crippen molar-refractivity contribution in [1.29, 1.82) is 0 Å². The van der Waals surface area contributed by atoms with Crippen molar-refractivity contribution in [2.45, 2.75) is 64.1 Å². The minimum absolute atomic E-state index is 0.442. The number of halogens is 1. The summed E-state index contributed by atoms with van der Waals surface area (Å²) in [5.74, 6) is 0.737. The van der Waals surface area contributed by atoms with Gasteiger partial charge in [0.1, 0.15) is 0 Å². The van der Waals surface area contributed by atoms with Crippen molar-refractivity contribution in [3.05, 3.63) is 35.4 Å². The third-order valence-corrected chi connectivity index (χ3v) is 6.16. The molecule has 0 spiro atoms. The van der Waals surface area contributed by atoms with Gasteiger partial charge in [-0.2, -0.15) is 0 Å². The number of hydrogen-bond donors (Lipinski definition) is 0. The van der Waals surface area contributed by atoms with E-state index in [1.165, 1.54) is 49.7 Å². The maximum absolute atomic E-state index is 3.98. The third kappa shape index (κ3) is 3.84. The molecule has 0 nitrogen and oxygen atoms in total. The SMILES string of the molecule is CC(C)Cc1ccc(C(Br)C2(C)CCCCC2)cc1. The molecule has 1 heteroatoms. The topological polar surface area (TPSA) is 0 Å². The Morgan fingerprint density at radius 2 is 1.63 bits per heavy atom. The highest BCUT2D eigenvalue weighted by molar-refractivity contribution is 9.09. The van der Waals surface area contributed by atoms with Crippen molar-refractivity contribution >= 4 is 15.9 Å². The Balaban J connectivity index is 2.08. The lowest BCUT2D eigenvalue weighted by Crippen LogP contribution is -2.25. The van der Waals surface area contributed by atoms with Gasteiger partial charge in [0.15, 0.2) is 0 Å². The van der Waals surface area contributed by atoms with Crippen molar-refractivity contribution in [3.8, 4) is 0 Å². The van der Waals surface area contributed by atoms with E-state index in [2.05, 4.69) is 61.0 Å². The predicted octanol–water partition coefficient (Wildman–Crippen LogP) is 6.29. The Labute approximate surface area is 127 Å². The van der Waals surface area contributed by atoms with Crippen LogP contribution in [0.1, 0.15) is 68.8 Å². The first kappa shape index (κ1) is 15.1. The van der Waals surface area contributed by atoms with Crippen molar-refractivity contribution in [3.63, 3.8) is 0 Å². The first-order valence-electron chi connectivity index (χ1n) is 7.74. The summed E-state index contributed by atoms with van der Waals surface area (Å²) < 4.78 is 0. The molecule has 1 aromatic rings. The Morgan fingerprint density at radius 3 is 2.16 bits per heavy atom. The minimum atomic E-state index is 0.442. The summed E-state index contributed by atoms with van der Waals surface area (Å²) in [4.78, 5) is 0.508. The first-order chi connectivity index (χ1) is 9.01. The van der Waals surface area contributed by atoms with E-state index in [0.717, 1.165) is 5.92 Å². The van der Waals surface area contributed by atoms with Crippen LogP contribution in [0.3, 0.4) is 0 Å². The molecule has 0 aliphatic heterocycles. The van der Waals surface area contributed by atoms with Crippen LogP contribution in [-0.4, -0.2) is 0 Å². The highest BCUT2D eigenvalue weighted by Crippen LogP contribution is 2.50. The van der Waals surface area contributed by atoms with Gasteiger partial charge in [0.2, 0.25) is 0 Å². The molecule has 1 aromatic carbocycles. The summed E-state index contributed by atoms with van der Waals surface area (Å²) in [7, 11) is 0. The summed E-state index contributed by atoms with van der Waals surface area (Å²) >= 11 is 3.98. The fourth-order valence-electron chi connectivity index (χ4n) is 3.31. The number of alkyl halides is 1.